The van der Waals surface area contributed by atoms with Gasteiger partial charge in [0.05, 0.1) is 11.1 Å². The number of aliphatic hydroxyl groups excluding tert-OH is 1. The molecule has 1 unspecified atom stereocenters. The summed E-state index contributed by atoms with van der Waals surface area (Å²) in [5.41, 5.74) is 0.662. The van der Waals surface area contributed by atoms with Gasteiger partial charge < -0.3 is 10.4 Å². The summed E-state index contributed by atoms with van der Waals surface area (Å²) in [4.78, 5) is 2.18. The van der Waals surface area contributed by atoms with Crippen molar-refractivity contribution in [2.45, 2.75) is 6.10 Å². The van der Waals surface area contributed by atoms with E-state index in [4.69, 9.17) is 11.6 Å². The number of nitrogens with zero attached hydrogens (tertiary/aromatic N) is 1. The highest BCUT2D eigenvalue weighted by Gasteiger charge is 2.16. The van der Waals surface area contributed by atoms with Crippen LogP contribution in [0.15, 0.2) is 18.2 Å². The Labute approximate surface area is 105 Å². The van der Waals surface area contributed by atoms with Crippen molar-refractivity contribution in [2.24, 2.45) is 0 Å². The van der Waals surface area contributed by atoms with Crippen LogP contribution in [-0.2, 0) is 0 Å². The van der Waals surface area contributed by atoms with Crippen LogP contribution in [0.5, 0.6) is 0 Å². The van der Waals surface area contributed by atoms with Crippen molar-refractivity contribution in [1.82, 2.24) is 10.2 Å². The van der Waals surface area contributed by atoms with Crippen molar-refractivity contribution in [3.63, 3.8) is 0 Å². The Balaban J connectivity index is 1.98. The van der Waals surface area contributed by atoms with Crippen molar-refractivity contribution in [2.75, 3.05) is 32.7 Å². The van der Waals surface area contributed by atoms with E-state index in [1.54, 1.807) is 6.07 Å². The third-order valence-electron chi connectivity index (χ3n) is 2.97. The molecule has 5 heteroatoms. The summed E-state index contributed by atoms with van der Waals surface area (Å²) in [5, 5.41) is 13.4. The molecule has 0 saturated carbocycles. The number of nitrogens with one attached hydrogen (secondary N) is 1. The first-order chi connectivity index (χ1) is 8.16. The second-order valence-electron chi connectivity index (χ2n) is 4.24. The number of rotatable bonds is 3. The number of hydrogen-bond donors (Lipinski definition) is 2. The molecular formula is C12H16ClFN2O. The van der Waals surface area contributed by atoms with Crippen LogP contribution in [0.3, 0.4) is 0 Å². The lowest BCUT2D eigenvalue weighted by Gasteiger charge is -2.29. The Morgan fingerprint density at radius 2 is 2.12 bits per heavy atom. The van der Waals surface area contributed by atoms with E-state index < -0.39 is 11.9 Å². The van der Waals surface area contributed by atoms with Crippen LogP contribution in [0.25, 0.3) is 0 Å². The smallest absolute Gasteiger partial charge is 0.141 e. The standard InChI is InChI=1S/C12H16ClFN2O/c13-10-7-9(1-2-11(10)14)12(17)8-16-5-3-15-4-6-16/h1-2,7,12,15,17H,3-6,8H2. The van der Waals surface area contributed by atoms with Crippen LogP contribution in [0, 0.1) is 5.82 Å². The minimum Gasteiger partial charge on any atom is -0.387 e. The zero-order valence-electron chi connectivity index (χ0n) is 9.50. The molecule has 0 aromatic heterocycles. The summed E-state index contributed by atoms with van der Waals surface area (Å²) in [5.74, 6) is -0.454. The van der Waals surface area contributed by atoms with Crippen LogP contribution in [0.4, 0.5) is 4.39 Å². The SMILES string of the molecule is OC(CN1CCNCC1)c1ccc(F)c(Cl)c1. The van der Waals surface area contributed by atoms with E-state index >= 15 is 0 Å². The van der Waals surface area contributed by atoms with Gasteiger partial charge in [-0.25, -0.2) is 4.39 Å². The molecule has 0 amide bonds. The molecule has 2 N–H and O–H groups in total. The molecule has 17 heavy (non-hydrogen) atoms. The maximum absolute atomic E-state index is 13.0. The first kappa shape index (κ1) is 12.8. The fourth-order valence-electron chi connectivity index (χ4n) is 1.96. The maximum atomic E-state index is 13.0. The summed E-state index contributed by atoms with van der Waals surface area (Å²) in [7, 11) is 0. The van der Waals surface area contributed by atoms with Crippen LogP contribution in [0.1, 0.15) is 11.7 Å². The Morgan fingerprint density at radius 1 is 1.41 bits per heavy atom. The molecule has 2 rings (SSSR count). The Morgan fingerprint density at radius 3 is 2.76 bits per heavy atom. The first-order valence-corrected chi connectivity index (χ1v) is 6.10. The van der Waals surface area contributed by atoms with Crippen LogP contribution in [-0.4, -0.2) is 42.7 Å². The van der Waals surface area contributed by atoms with E-state index in [2.05, 4.69) is 10.2 Å². The number of piperazine rings is 1. The molecule has 3 nitrogen and oxygen atoms in total. The number of hydrogen-bond acceptors (Lipinski definition) is 3. The topological polar surface area (TPSA) is 35.5 Å². The van der Waals surface area contributed by atoms with E-state index in [1.165, 1.54) is 12.1 Å². The van der Waals surface area contributed by atoms with E-state index in [9.17, 15) is 9.50 Å². The minimum absolute atomic E-state index is 0.0573. The Kier molecular flexibility index (Phi) is 4.34. The highest BCUT2D eigenvalue weighted by Crippen LogP contribution is 2.21. The Bertz CT molecular complexity index is 383. The summed E-state index contributed by atoms with van der Waals surface area (Å²) in [6.07, 6.45) is -0.619. The Hall–Kier alpha value is -0.680. The largest absolute Gasteiger partial charge is 0.387 e. The van der Waals surface area contributed by atoms with Crippen molar-refractivity contribution < 1.29 is 9.50 Å². The monoisotopic (exact) mass is 258 g/mol. The van der Waals surface area contributed by atoms with Gasteiger partial charge in [-0.3, -0.25) is 4.90 Å². The highest BCUT2D eigenvalue weighted by molar-refractivity contribution is 6.30. The van der Waals surface area contributed by atoms with Gasteiger partial charge in [-0.2, -0.15) is 0 Å². The summed E-state index contributed by atoms with van der Waals surface area (Å²) in [6.45, 7) is 4.29. The highest BCUT2D eigenvalue weighted by atomic mass is 35.5. The van der Waals surface area contributed by atoms with E-state index in [0.717, 1.165) is 26.2 Å². The number of aliphatic hydroxyl groups is 1. The van der Waals surface area contributed by atoms with Crippen molar-refractivity contribution in [3.05, 3.63) is 34.6 Å². The predicted octanol–water partition coefficient (Wildman–Crippen LogP) is 1.42. The van der Waals surface area contributed by atoms with Gasteiger partial charge in [0.15, 0.2) is 0 Å². The zero-order valence-corrected chi connectivity index (χ0v) is 10.3. The number of benzene rings is 1. The normalized spacial score (nSPS) is 19.2. The zero-order chi connectivity index (χ0) is 12.3. The summed E-state index contributed by atoms with van der Waals surface area (Å²) < 4.78 is 13.0. The third-order valence-corrected chi connectivity index (χ3v) is 3.26. The molecule has 1 aliphatic rings. The van der Waals surface area contributed by atoms with Crippen molar-refractivity contribution >= 4 is 11.6 Å². The van der Waals surface area contributed by atoms with E-state index in [0.29, 0.717) is 12.1 Å². The molecular weight excluding hydrogens is 243 g/mol. The molecule has 1 aliphatic heterocycles. The molecule has 0 spiro atoms. The quantitative estimate of drug-likeness (QED) is 0.861. The van der Waals surface area contributed by atoms with E-state index in [-0.39, 0.29) is 5.02 Å². The molecule has 0 aliphatic carbocycles. The van der Waals surface area contributed by atoms with Gasteiger partial charge in [0.25, 0.3) is 0 Å². The molecule has 1 aromatic carbocycles. The van der Waals surface area contributed by atoms with Crippen LogP contribution < -0.4 is 5.32 Å². The maximum Gasteiger partial charge on any atom is 0.141 e. The fourth-order valence-corrected chi connectivity index (χ4v) is 2.15. The molecule has 0 bridgehead atoms. The summed E-state index contributed by atoms with van der Waals surface area (Å²) >= 11 is 5.69. The lowest BCUT2D eigenvalue weighted by molar-refractivity contribution is 0.105. The first-order valence-electron chi connectivity index (χ1n) is 5.73. The van der Waals surface area contributed by atoms with E-state index in [1.807, 2.05) is 0 Å². The van der Waals surface area contributed by atoms with Crippen molar-refractivity contribution in [1.29, 1.82) is 0 Å². The molecule has 1 heterocycles. The predicted molar refractivity (Wildman–Crippen MR) is 65.7 cm³/mol. The molecule has 1 aromatic rings. The van der Waals surface area contributed by atoms with Gasteiger partial charge in [0.2, 0.25) is 0 Å². The van der Waals surface area contributed by atoms with Crippen LogP contribution in [0.2, 0.25) is 5.02 Å². The van der Waals surface area contributed by atoms with Gasteiger partial charge in [-0.05, 0) is 17.7 Å². The van der Waals surface area contributed by atoms with Crippen molar-refractivity contribution in [3.8, 4) is 0 Å². The lowest BCUT2D eigenvalue weighted by atomic mass is 10.1. The average molecular weight is 259 g/mol. The fraction of sp³-hybridized carbons (Fsp3) is 0.500. The van der Waals surface area contributed by atoms with Gasteiger partial charge in [-0.1, -0.05) is 17.7 Å². The molecule has 0 radical (unpaired) electrons. The summed E-state index contributed by atoms with van der Waals surface area (Å²) in [6, 6.07) is 4.36. The second kappa shape index (κ2) is 5.78. The second-order valence-corrected chi connectivity index (χ2v) is 4.65. The van der Waals surface area contributed by atoms with Crippen LogP contribution >= 0.6 is 11.6 Å². The molecule has 1 fully saturated rings. The minimum atomic E-state index is -0.619. The molecule has 1 saturated heterocycles. The van der Waals surface area contributed by atoms with Gasteiger partial charge >= 0.3 is 0 Å². The molecule has 94 valence electrons. The lowest BCUT2D eigenvalue weighted by Crippen LogP contribution is -2.44. The number of halogens is 2. The third kappa shape index (κ3) is 3.39. The van der Waals surface area contributed by atoms with Gasteiger partial charge in [-0.15, -0.1) is 0 Å². The van der Waals surface area contributed by atoms with Gasteiger partial charge in [0, 0.05) is 32.7 Å². The molecule has 1 atom stereocenters. The average Bonchev–Trinajstić information content (AvgIpc) is 2.34. The van der Waals surface area contributed by atoms with Gasteiger partial charge in [0.1, 0.15) is 5.82 Å². The number of β-amino-alcohol motifs (C(OH)–C–C–N with tert-alkyl or cyclic N) is 1.